The third-order valence-electron chi connectivity index (χ3n) is 5.18. The molecule has 30 heavy (non-hydrogen) atoms. The van der Waals surface area contributed by atoms with E-state index in [1.165, 1.54) is 41.5 Å². The second kappa shape index (κ2) is 8.57. The summed E-state index contributed by atoms with van der Waals surface area (Å²) in [5, 5.41) is 9.00. The van der Waals surface area contributed by atoms with E-state index in [0.29, 0.717) is 16.7 Å². The Morgan fingerprint density at radius 3 is 2.80 bits per heavy atom. The summed E-state index contributed by atoms with van der Waals surface area (Å²) in [4.78, 5) is 16.4. The minimum atomic E-state index is 0.586. The number of hydrogen-bond acceptors (Lipinski definition) is 7. The fourth-order valence-electron chi connectivity index (χ4n) is 3.74. The van der Waals surface area contributed by atoms with Crippen molar-refractivity contribution in [1.82, 2.24) is 25.1 Å². The van der Waals surface area contributed by atoms with Crippen LogP contribution in [0.15, 0.2) is 35.5 Å². The number of hydrogen-bond donors (Lipinski definition) is 2. The first kappa shape index (κ1) is 19.3. The molecule has 0 atom stereocenters. The molecule has 3 heterocycles. The molecular weight excluding hydrogens is 412 g/mol. The Morgan fingerprint density at radius 1 is 1.03 bits per heavy atom. The molecule has 0 amide bonds. The highest BCUT2D eigenvalue weighted by Crippen LogP contribution is 2.37. The van der Waals surface area contributed by atoms with Crippen LogP contribution in [0.4, 0.5) is 5.82 Å². The highest BCUT2D eigenvalue weighted by molar-refractivity contribution is 7.98. The number of nitrogen functional groups attached to an aromatic ring is 1. The van der Waals surface area contributed by atoms with E-state index < -0.39 is 0 Å². The topological polar surface area (TPSA) is 93.4 Å². The van der Waals surface area contributed by atoms with Gasteiger partial charge in [-0.2, -0.15) is 0 Å². The number of thioether (sulfide) groups is 1. The molecular formula is C22H22N6S2. The number of aromatic amines is 1. The number of rotatable bonds is 5. The van der Waals surface area contributed by atoms with Gasteiger partial charge < -0.3 is 5.73 Å². The van der Waals surface area contributed by atoms with Gasteiger partial charge in [-0.15, -0.1) is 16.4 Å². The lowest BCUT2D eigenvalue weighted by molar-refractivity contribution is 0.713. The Hall–Kier alpha value is -2.71. The fourth-order valence-corrected chi connectivity index (χ4v) is 5.69. The van der Waals surface area contributed by atoms with Gasteiger partial charge in [-0.1, -0.05) is 54.6 Å². The largest absolute Gasteiger partial charge is 0.383 e. The lowest BCUT2D eigenvalue weighted by Crippen LogP contribution is -2.00. The molecule has 4 aromatic rings. The number of nitrogens with zero attached hydrogens (tertiary/aromatic N) is 4. The van der Waals surface area contributed by atoms with Crippen molar-refractivity contribution in [1.29, 1.82) is 0 Å². The summed E-state index contributed by atoms with van der Waals surface area (Å²) in [7, 11) is 0. The molecule has 152 valence electrons. The summed E-state index contributed by atoms with van der Waals surface area (Å²) in [6.45, 7) is 0. The molecule has 0 unspecified atom stereocenters. The molecule has 0 fully saturated rings. The lowest BCUT2D eigenvalue weighted by atomic mass is 10.1. The van der Waals surface area contributed by atoms with Gasteiger partial charge in [0.1, 0.15) is 22.3 Å². The van der Waals surface area contributed by atoms with Crippen LogP contribution in [0.5, 0.6) is 0 Å². The van der Waals surface area contributed by atoms with Crippen LogP contribution in [0.3, 0.4) is 0 Å². The van der Waals surface area contributed by atoms with Gasteiger partial charge >= 0.3 is 0 Å². The number of aryl methyl sites for hydroxylation is 2. The first-order valence-corrected chi connectivity index (χ1v) is 11.9. The molecule has 6 nitrogen and oxygen atoms in total. The first-order valence-electron chi connectivity index (χ1n) is 10.1. The van der Waals surface area contributed by atoms with Crippen molar-refractivity contribution in [3.63, 3.8) is 0 Å². The maximum Gasteiger partial charge on any atom is 0.209 e. The van der Waals surface area contributed by atoms with Gasteiger partial charge in [0.15, 0.2) is 0 Å². The Kier molecular flexibility index (Phi) is 5.50. The Labute approximate surface area is 183 Å². The van der Waals surface area contributed by atoms with Gasteiger partial charge in [0.25, 0.3) is 0 Å². The number of nitrogens with two attached hydrogens (primary N) is 1. The van der Waals surface area contributed by atoms with E-state index in [9.17, 15) is 0 Å². The summed E-state index contributed by atoms with van der Waals surface area (Å²) in [5.41, 5.74) is 8.85. The molecule has 0 aliphatic heterocycles. The molecule has 0 bridgehead atoms. The molecule has 1 aromatic carbocycles. The quantitative estimate of drug-likeness (QED) is 0.334. The van der Waals surface area contributed by atoms with E-state index in [-0.39, 0.29) is 0 Å². The van der Waals surface area contributed by atoms with Crippen molar-refractivity contribution in [2.45, 2.75) is 43.0 Å². The summed E-state index contributed by atoms with van der Waals surface area (Å²) < 4.78 is 0. The minimum Gasteiger partial charge on any atom is -0.383 e. The van der Waals surface area contributed by atoms with Gasteiger partial charge in [-0.3, -0.25) is 5.10 Å². The predicted molar refractivity (Wildman–Crippen MR) is 124 cm³/mol. The molecule has 3 N–H and O–H groups in total. The van der Waals surface area contributed by atoms with E-state index in [0.717, 1.165) is 40.3 Å². The van der Waals surface area contributed by atoms with Crippen molar-refractivity contribution in [3.8, 4) is 0 Å². The van der Waals surface area contributed by atoms with E-state index in [2.05, 4.69) is 20.2 Å². The van der Waals surface area contributed by atoms with Gasteiger partial charge in [0, 0.05) is 4.88 Å². The summed E-state index contributed by atoms with van der Waals surface area (Å²) >= 11 is 3.29. The fraction of sp³-hybridized carbons (Fsp3) is 0.273. The van der Waals surface area contributed by atoms with E-state index in [1.807, 2.05) is 42.5 Å². The number of benzene rings is 1. The van der Waals surface area contributed by atoms with Crippen LogP contribution in [0, 0.1) is 0 Å². The summed E-state index contributed by atoms with van der Waals surface area (Å²) in [5.74, 6) is 2.64. The molecule has 5 rings (SSSR count). The smallest absolute Gasteiger partial charge is 0.209 e. The van der Waals surface area contributed by atoms with Crippen LogP contribution in [0.1, 0.15) is 46.9 Å². The van der Waals surface area contributed by atoms with Crippen molar-refractivity contribution < 1.29 is 0 Å². The molecule has 0 saturated carbocycles. The molecule has 8 heteroatoms. The molecule has 0 saturated heterocycles. The molecule has 1 aliphatic rings. The minimum absolute atomic E-state index is 0.586. The number of thiophene rings is 1. The molecule has 3 aromatic heterocycles. The van der Waals surface area contributed by atoms with Crippen molar-refractivity contribution in [3.05, 3.63) is 58.0 Å². The Balaban J connectivity index is 1.30. The zero-order chi connectivity index (χ0) is 20.3. The monoisotopic (exact) mass is 434 g/mol. The van der Waals surface area contributed by atoms with Gasteiger partial charge in [0.2, 0.25) is 5.16 Å². The standard InChI is InChI=1S/C22H22N6S2/c23-20-19-15-9-5-2-6-10-16(15)30-21(19)25-18(24-20)13-29-22-26-17(27-28-22)12-11-14-7-3-1-4-8-14/h1,3-4,7-8,11-12H,2,5-6,9-10,13H2,(H2,23,24,25)(H,26,27,28)/b12-11+. The molecule has 0 radical (unpaired) electrons. The number of nitrogens with one attached hydrogen (secondary N) is 1. The maximum atomic E-state index is 6.34. The second-order valence-corrected chi connectivity index (χ2v) is 9.33. The third kappa shape index (κ3) is 4.11. The maximum absolute atomic E-state index is 6.34. The van der Waals surface area contributed by atoms with Gasteiger partial charge in [-0.05, 0) is 42.9 Å². The van der Waals surface area contributed by atoms with Crippen LogP contribution in [0.25, 0.3) is 22.4 Å². The molecule has 0 spiro atoms. The Bertz CT molecular complexity index is 1200. The number of H-pyrrole nitrogens is 1. The number of fused-ring (bicyclic) bond motifs is 3. The first-order chi connectivity index (χ1) is 14.8. The van der Waals surface area contributed by atoms with Crippen LogP contribution >= 0.6 is 23.1 Å². The number of aromatic nitrogens is 5. The van der Waals surface area contributed by atoms with Crippen molar-refractivity contribution in [2.75, 3.05) is 5.73 Å². The number of anilines is 1. The van der Waals surface area contributed by atoms with E-state index >= 15 is 0 Å². The van der Waals surface area contributed by atoms with E-state index in [1.54, 1.807) is 11.3 Å². The van der Waals surface area contributed by atoms with E-state index in [4.69, 9.17) is 10.7 Å². The van der Waals surface area contributed by atoms with Gasteiger partial charge in [-0.25, -0.2) is 15.0 Å². The van der Waals surface area contributed by atoms with Crippen LogP contribution in [0.2, 0.25) is 0 Å². The second-order valence-electron chi connectivity index (χ2n) is 7.31. The summed E-state index contributed by atoms with van der Waals surface area (Å²) in [6, 6.07) is 10.1. The lowest BCUT2D eigenvalue weighted by Gasteiger charge is -2.03. The highest BCUT2D eigenvalue weighted by Gasteiger charge is 2.19. The predicted octanol–water partition coefficient (Wildman–Crippen LogP) is 5.12. The van der Waals surface area contributed by atoms with Crippen LogP contribution < -0.4 is 5.73 Å². The van der Waals surface area contributed by atoms with Crippen LogP contribution in [-0.4, -0.2) is 25.1 Å². The zero-order valence-electron chi connectivity index (χ0n) is 16.5. The molecule has 1 aliphatic carbocycles. The third-order valence-corrected chi connectivity index (χ3v) is 7.21. The zero-order valence-corrected chi connectivity index (χ0v) is 18.1. The normalized spacial score (nSPS) is 14.3. The highest BCUT2D eigenvalue weighted by atomic mass is 32.2. The van der Waals surface area contributed by atoms with Crippen LogP contribution in [-0.2, 0) is 18.6 Å². The average molecular weight is 435 g/mol. The van der Waals surface area contributed by atoms with Gasteiger partial charge in [0.05, 0.1) is 11.1 Å². The SMILES string of the molecule is Nc1nc(CSc2n[nH]c(/C=C/c3ccccc3)n2)nc2sc3c(c12)CCCCC3. The summed E-state index contributed by atoms with van der Waals surface area (Å²) in [6.07, 6.45) is 9.92. The average Bonchev–Trinajstić information content (AvgIpc) is 3.29. The Morgan fingerprint density at radius 2 is 1.90 bits per heavy atom. The van der Waals surface area contributed by atoms with Crippen molar-refractivity contribution in [2.24, 2.45) is 0 Å². The van der Waals surface area contributed by atoms with Crippen molar-refractivity contribution >= 4 is 51.3 Å².